The molecular weight excluding hydrogens is 387 g/mol. The van der Waals surface area contributed by atoms with Crippen LogP contribution in [0.5, 0.6) is 0 Å². The van der Waals surface area contributed by atoms with Crippen LogP contribution in [0, 0.1) is 11.7 Å². The number of benzene rings is 2. The summed E-state index contributed by atoms with van der Waals surface area (Å²) in [6.45, 7) is 8.40. The molecule has 0 radical (unpaired) electrons. The van der Waals surface area contributed by atoms with E-state index in [2.05, 4.69) is 28.9 Å². The Hall–Kier alpha value is -2.04. The summed E-state index contributed by atoms with van der Waals surface area (Å²) in [5.41, 5.74) is 4.64. The van der Waals surface area contributed by atoms with Gasteiger partial charge in [0.15, 0.2) is 5.78 Å². The number of fused-ring (bicyclic) bond motifs is 1. The summed E-state index contributed by atoms with van der Waals surface area (Å²) in [5, 5.41) is 0. The van der Waals surface area contributed by atoms with E-state index in [9.17, 15) is 9.18 Å². The Bertz CT molecular complexity index is 871. The molecular formula is C27H35FN2O. The zero-order valence-electron chi connectivity index (χ0n) is 18.8. The lowest BCUT2D eigenvalue weighted by molar-refractivity contribution is 0.0963. The Morgan fingerprint density at radius 1 is 1.00 bits per heavy atom. The molecule has 0 N–H and O–H groups in total. The number of carbonyl (C=O) groups excluding carboxylic acids is 1. The number of aryl methyl sites for hydroxylation is 1. The maximum absolute atomic E-state index is 13.2. The van der Waals surface area contributed by atoms with E-state index in [-0.39, 0.29) is 11.6 Å². The summed E-state index contributed by atoms with van der Waals surface area (Å²) in [7, 11) is 0. The van der Waals surface area contributed by atoms with Crippen molar-refractivity contribution in [3.63, 3.8) is 0 Å². The number of hydrogen-bond acceptors (Lipinski definition) is 3. The number of halogens is 1. The van der Waals surface area contributed by atoms with Crippen LogP contribution in [0.2, 0.25) is 0 Å². The maximum atomic E-state index is 13.2. The predicted octanol–water partition coefficient (Wildman–Crippen LogP) is 5.47. The Morgan fingerprint density at radius 3 is 2.52 bits per heavy atom. The first-order valence-electron chi connectivity index (χ1n) is 11.9. The lowest BCUT2D eigenvalue weighted by Gasteiger charge is -2.30. The molecule has 0 atom stereocenters. The summed E-state index contributed by atoms with van der Waals surface area (Å²) in [6, 6.07) is 13.1. The number of ketones is 1. The average molecular weight is 423 g/mol. The summed E-state index contributed by atoms with van der Waals surface area (Å²) in [5.74, 6) is 0.790. The molecule has 0 unspecified atom stereocenters. The van der Waals surface area contributed by atoms with Gasteiger partial charge in [-0.1, -0.05) is 31.2 Å². The number of hydrogen-bond donors (Lipinski definition) is 0. The molecule has 1 fully saturated rings. The Balaban J connectivity index is 1.36. The third-order valence-electron chi connectivity index (χ3n) is 7.10. The number of rotatable bonds is 7. The van der Waals surface area contributed by atoms with Crippen molar-refractivity contribution in [2.45, 2.75) is 58.5 Å². The van der Waals surface area contributed by atoms with Crippen LogP contribution in [0.3, 0.4) is 0 Å². The van der Waals surface area contributed by atoms with Gasteiger partial charge in [-0.05, 0) is 99.1 Å². The second-order valence-corrected chi connectivity index (χ2v) is 9.26. The lowest BCUT2D eigenvalue weighted by atomic mass is 9.90. The van der Waals surface area contributed by atoms with E-state index < -0.39 is 0 Å². The van der Waals surface area contributed by atoms with Gasteiger partial charge >= 0.3 is 0 Å². The van der Waals surface area contributed by atoms with Gasteiger partial charge < -0.3 is 4.90 Å². The fourth-order valence-corrected chi connectivity index (χ4v) is 5.06. The summed E-state index contributed by atoms with van der Waals surface area (Å²) >= 11 is 0. The van der Waals surface area contributed by atoms with Crippen LogP contribution in [0.4, 0.5) is 4.39 Å². The van der Waals surface area contributed by atoms with Crippen molar-refractivity contribution in [2.75, 3.05) is 26.2 Å². The molecule has 2 aromatic carbocycles. The topological polar surface area (TPSA) is 23.6 Å². The standard InChI is InChI=1S/C27H35FN2O/c1-2-29-16-13-21(14-17-29)7-12-27(31)24-9-8-23-4-3-15-30(20-25(23)18-24)19-22-5-10-26(28)11-6-22/h5-6,8-11,18,21H,2-4,7,12-17,19-20H2,1H3. The molecule has 1 saturated heterocycles. The summed E-state index contributed by atoms with van der Waals surface area (Å²) < 4.78 is 13.2. The third-order valence-corrected chi connectivity index (χ3v) is 7.10. The van der Waals surface area contributed by atoms with Crippen molar-refractivity contribution in [1.82, 2.24) is 9.80 Å². The highest BCUT2D eigenvalue weighted by Gasteiger charge is 2.20. The molecule has 166 valence electrons. The zero-order valence-corrected chi connectivity index (χ0v) is 18.8. The van der Waals surface area contributed by atoms with E-state index in [1.54, 1.807) is 0 Å². The second-order valence-electron chi connectivity index (χ2n) is 9.26. The van der Waals surface area contributed by atoms with Gasteiger partial charge in [-0.2, -0.15) is 0 Å². The average Bonchev–Trinajstić information content (AvgIpc) is 3.00. The predicted molar refractivity (Wildman–Crippen MR) is 124 cm³/mol. The van der Waals surface area contributed by atoms with Gasteiger partial charge in [-0.25, -0.2) is 4.39 Å². The molecule has 2 aliphatic heterocycles. The first-order valence-corrected chi connectivity index (χ1v) is 11.9. The number of nitrogens with zero attached hydrogens (tertiary/aromatic N) is 2. The minimum atomic E-state index is -0.191. The first-order chi connectivity index (χ1) is 15.1. The van der Waals surface area contributed by atoms with Crippen LogP contribution < -0.4 is 0 Å². The highest BCUT2D eigenvalue weighted by Crippen LogP contribution is 2.25. The molecule has 4 rings (SSSR count). The normalized spacial score (nSPS) is 18.5. The van der Waals surface area contributed by atoms with E-state index >= 15 is 0 Å². The minimum Gasteiger partial charge on any atom is -0.304 e. The Morgan fingerprint density at radius 2 is 1.77 bits per heavy atom. The van der Waals surface area contributed by atoms with Gasteiger partial charge in [-0.15, -0.1) is 0 Å². The molecule has 0 amide bonds. The second kappa shape index (κ2) is 10.5. The molecule has 0 saturated carbocycles. The van der Waals surface area contributed by atoms with Gasteiger partial charge in [0.1, 0.15) is 5.82 Å². The third kappa shape index (κ3) is 6.02. The van der Waals surface area contributed by atoms with Crippen molar-refractivity contribution in [3.05, 3.63) is 70.5 Å². The molecule has 0 aromatic heterocycles. The number of Topliss-reactive ketones (excluding diaryl/α,β-unsaturated/α-hetero) is 1. The molecule has 0 spiro atoms. The molecule has 0 aliphatic carbocycles. The highest BCUT2D eigenvalue weighted by molar-refractivity contribution is 5.96. The maximum Gasteiger partial charge on any atom is 0.162 e. The molecule has 4 heteroatoms. The smallest absolute Gasteiger partial charge is 0.162 e. The van der Waals surface area contributed by atoms with Gasteiger partial charge in [-0.3, -0.25) is 9.69 Å². The first kappa shape index (κ1) is 22.2. The molecule has 2 aromatic rings. The summed E-state index contributed by atoms with van der Waals surface area (Å²) in [4.78, 5) is 17.8. The number of carbonyl (C=O) groups is 1. The van der Waals surface area contributed by atoms with Gasteiger partial charge in [0.05, 0.1) is 0 Å². The van der Waals surface area contributed by atoms with E-state index in [0.29, 0.717) is 12.3 Å². The molecule has 3 nitrogen and oxygen atoms in total. The van der Waals surface area contributed by atoms with Crippen LogP contribution in [-0.4, -0.2) is 41.8 Å². The Kier molecular flexibility index (Phi) is 7.52. The number of likely N-dealkylation sites (tertiary alicyclic amines) is 1. The van der Waals surface area contributed by atoms with Crippen molar-refractivity contribution < 1.29 is 9.18 Å². The largest absolute Gasteiger partial charge is 0.304 e. The van der Waals surface area contributed by atoms with Crippen molar-refractivity contribution in [3.8, 4) is 0 Å². The number of piperidine rings is 1. The molecule has 2 aliphatic rings. The molecule has 2 heterocycles. The van der Waals surface area contributed by atoms with Crippen molar-refractivity contribution in [1.29, 1.82) is 0 Å². The van der Waals surface area contributed by atoms with Crippen molar-refractivity contribution in [2.24, 2.45) is 5.92 Å². The zero-order chi connectivity index (χ0) is 21.6. The minimum absolute atomic E-state index is 0.191. The van der Waals surface area contributed by atoms with E-state index in [4.69, 9.17) is 0 Å². The van der Waals surface area contributed by atoms with Crippen LogP contribution in [0.25, 0.3) is 0 Å². The van der Waals surface area contributed by atoms with Crippen LogP contribution in [-0.2, 0) is 19.5 Å². The van der Waals surface area contributed by atoms with Gasteiger partial charge in [0, 0.05) is 25.1 Å². The van der Waals surface area contributed by atoms with Crippen LogP contribution in [0.15, 0.2) is 42.5 Å². The van der Waals surface area contributed by atoms with Crippen LogP contribution >= 0.6 is 0 Å². The highest BCUT2D eigenvalue weighted by atomic mass is 19.1. The van der Waals surface area contributed by atoms with E-state index in [1.165, 1.54) is 49.2 Å². The van der Waals surface area contributed by atoms with E-state index in [1.807, 2.05) is 18.2 Å². The Labute approximate surface area is 186 Å². The lowest BCUT2D eigenvalue weighted by Crippen LogP contribution is -2.33. The molecule has 0 bridgehead atoms. The SMILES string of the molecule is CCN1CCC(CCC(=O)c2ccc3c(c2)CN(Cc2ccc(F)cc2)CCC3)CC1. The quantitative estimate of drug-likeness (QED) is 0.553. The summed E-state index contributed by atoms with van der Waals surface area (Å²) in [6.07, 6.45) is 6.30. The fourth-order valence-electron chi connectivity index (χ4n) is 5.06. The van der Waals surface area contributed by atoms with Crippen LogP contribution in [0.1, 0.15) is 66.1 Å². The van der Waals surface area contributed by atoms with Crippen molar-refractivity contribution >= 4 is 5.78 Å². The van der Waals surface area contributed by atoms with Gasteiger partial charge in [0.2, 0.25) is 0 Å². The van der Waals surface area contributed by atoms with E-state index in [0.717, 1.165) is 56.6 Å². The van der Waals surface area contributed by atoms with Gasteiger partial charge in [0.25, 0.3) is 0 Å². The fraction of sp³-hybridized carbons (Fsp3) is 0.519. The monoisotopic (exact) mass is 422 g/mol. The molecule has 31 heavy (non-hydrogen) atoms.